The zero-order valence-electron chi connectivity index (χ0n) is 12.1. The third-order valence-corrected chi connectivity index (χ3v) is 3.25. The van der Waals surface area contributed by atoms with Gasteiger partial charge in [0.25, 0.3) is 0 Å². The summed E-state index contributed by atoms with van der Waals surface area (Å²) in [6.07, 6.45) is -0.430. The van der Waals surface area contributed by atoms with Crippen LogP contribution in [0.5, 0.6) is 0 Å². The van der Waals surface area contributed by atoms with Gasteiger partial charge < -0.3 is 20.6 Å². The van der Waals surface area contributed by atoms with Crippen LogP contribution in [0.2, 0.25) is 0 Å². The Morgan fingerprint density at radius 3 is 2.95 bits per heavy atom. The van der Waals surface area contributed by atoms with E-state index in [2.05, 4.69) is 29.0 Å². The molecule has 1 aromatic rings. The number of hydrogen-bond acceptors (Lipinski definition) is 6. The van der Waals surface area contributed by atoms with Crippen LogP contribution in [0.4, 0.5) is 5.95 Å². The van der Waals surface area contributed by atoms with Crippen molar-refractivity contribution in [3.8, 4) is 0 Å². The van der Waals surface area contributed by atoms with Crippen molar-refractivity contribution in [1.29, 1.82) is 0 Å². The minimum absolute atomic E-state index is 0.0754. The Kier molecular flexibility index (Phi) is 4.39. The van der Waals surface area contributed by atoms with Crippen molar-refractivity contribution in [2.45, 2.75) is 32.8 Å². The lowest BCUT2D eigenvalue weighted by Crippen LogP contribution is -2.49. The van der Waals surface area contributed by atoms with Gasteiger partial charge in [-0.05, 0) is 18.9 Å². The molecule has 7 nitrogen and oxygen atoms in total. The predicted octanol–water partition coefficient (Wildman–Crippen LogP) is 0.860. The van der Waals surface area contributed by atoms with E-state index < -0.39 is 6.10 Å². The number of aromatic nitrogens is 2. The third-order valence-electron chi connectivity index (χ3n) is 3.25. The van der Waals surface area contributed by atoms with E-state index in [-0.39, 0.29) is 5.84 Å². The number of anilines is 1. The molecular weight excluding hydrogens is 258 g/mol. The molecule has 20 heavy (non-hydrogen) atoms. The monoisotopic (exact) mass is 279 g/mol. The highest BCUT2D eigenvalue weighted by Crippen LogP contribution is 2.18. The summed E-state index contributed by atoms with van der Waals surface area (Å²) in [7, 11) is 0. The SMILES string of the molecule is Cc1cc(C(C)C)nc(N2CCOC(/C(N)=N/O)C2)n1. The standard InChI is InChI=1S/C13H21N5O2/c1-8(2)10-6-9(3)15-13(16-10)18-4-5-20-11(7-18)12(14)17-19/h6,8,11,19H,4-5,7H2,1-3H3,(H2,14,17). The molecule has 2 rings (SSSR count). The van der Waals surface area contributed by atoms with Gasteiger partial charge in [0.1, 0.15) is 6.10 Å². The van der Waals surface area contributed by atoms with Crippen LogP contribution in [0.15, 0.2) is 11.2 Å². The molecule has 0 saturated carbocycles. The molecule has 3 N–H and O–H groups in total. The molecule has 0 bridgehead atoms. The maximum atomic E-state index is 8.74. The van der Waals surface area contributed by atoms with Crippen LogP contribution in [0.25, 0.3) is 0 Å². The van der Waals surface area contributed by atoms with Gasteiger partial charge in [-0.15, -0.1) is 0 Å². The van der Waals surface area contributed by atoms with Crippen molar-refractivity contribution < 1.29 is 9.94 Å². The van der Waals surface area contributed by atoms with Crippen molar-refractivity contribution in [3.05, 3.63) is 17.5 Å². The number of aryl methyl sites for hydroxylation is 1. The van der Waals surface area contributed by atoms with E-state index in [4.69, 9.17) is 15.7 Å². The van der Waals surface area contributed by atoms with Crippen LogP contribution in [0.3, 0.4) is 0 Å². The highest BCUT2D eigenvalue weighted by atomic mass is 16.5. The number of morpholine rings is 1. The number of ether oxygens (including phenoxy) is 1. The molecule has 1 unspecified atom stereocenters. The fourth-order valence-corrected chi connectivity index (χ4v) is 2.09. The summed E-state index contributed by atoms with van der Waals surface area (Å²) in [5.41, 5.74) is 7.55. The molecule has 0 aromatic carbocycles. The fourth-order valence-electron chi connectivity index (χ4n) is 2.09. The minimum Gasteiger partial charge on any atom is -0.409 e. The van der Waals surface area contributed by atoms with E-state index in [9.17, 15) is 0 Å². The average Bonchev–Trinajstić information content (AvgIpc) is 2.45. The lowest BCUT2D eigenvalue weighted by atomic mass is 10.1. The zero-order chi connectivity index (χ0) is 14.7. The second-order valence-corrected chi connectivity index (χ2v) is 5.22. The molecule has 1 aromatic heterocycles. The predicted molar refractivity (Wildman–Crippen MR) is 76.2 cm³/mol. The Morgan fingerprint density at radius 1 is 1.55 bits per heavy atom. The minimum atomic E-state index is -0.430. The summed E-state index contributed by atoms with van der Waals surface area (Å²) < 4.78 is 5.48. The highest BCUT2D eigenvalue weighted by Gasteiger charge is 2.26. The highest BCUT2D eigenvalue weighted by molar-refractivity contribution is 5.85. The molecule has 110 valence electrons. The van der Waals surface area contributed by atoms with Crippen LogP contribution >= 0.6 is 0 Å². The van der Waals surface area contributed by atoms with Crippen molar-refractivity contribution in [3.63, 3.8) is 0 Å². The van der Waals surface area contributed by atoms with Crippen molar-refractivity contribution in [2.24, 2.45) is 10.9 Å². The maximum absolute atomic E-state index is 8.74. The molecule has 0 amide bonds. The number of nitrogens with two attached hydrogens (primary N) is 1. The Balaban J connectivity index is 2.22. The van der Waals surface area contributed by atoms with Gasteiger partial charge in [0.05, 0.1) is 13.2 Å². The summed E-state index contributed by atoms with van der Waals surface area (Å²) in [5, 5.41) is 11.7. The van der Waals surface area contributed by atoms with Gasteiger partial charge in [0.15, 0.2) is 5.84 Å². The largest absolute Gasteiger partial charge is 0.409 e. The topological polar surface area (TPSA) is 96.9 Å². The summed E-state index contributed by atoms with van der Waals surface area (Å²) >= 11 is 0. The first-order valence-electron chi connectivity index (χ1n) is 6.70. The van der Waals surface area contributed by atoms with E-state index >= 15 is 0 Å². The first-order chi connectivity index (χ1) is 9.51. The van der Waals surface area contributed by atoms with Crippen molar-refractivity contribution >= 4 is 11.8 Å². The van der Waals surface area contributed by atoms with Gasteiger partial charge >= 0.3 is 0 Å². The number of nitrogens with zero attached hydrogens (tertiary/aromatic N) is 4. The Labute approximate surface area is 118 Å². The maximum Gasteiger partial charge on any atom is 0.225 e. The van der Waals surface area contributed by atoms with E-state index in [0.29, 0.717) is 31.6 Å². The van der Waals surface area contributed by atoms with Crippen LogP contribution in [-0.4, -0.2) is 46.8 Å². The second kappa shape index (κ2) is 6.04. The zero-order valence-corrected chi connectivity index (χ0v) is 12.1. The van der Waals surface area contributed by atoms with Crippen LogP contribution in [-0.2, 0) is 4.74 Å². The number of amidine groups is 1. The lowest BCUT2D eigenvalue weighted by Gasteiger charge is -2.32. The summed E-state index contributed by atoms with van der Waals surface area (Å²) in [5.74, 6) is 1.09. The molecule has 1 atom stereocenters. The van der Waals surface area contributed by atoms with Crippen LogP contribution in [0, 0.1) is 6.92 Å². The third kappa shape index (κ3) is 3.16. The molecule has 7 heteroatoms. The first-order valence-corrected chi connectivity index (χ1v) is 6.70. The molecular formula is C13H21N5O2. The van der Waals surface area contributed by atoms with Gasteiger partial charge in [0.2, 0.25) is 5.95 Å². The number of oxime groups is 1. The smallest absolute Gasteiger partial charge is 0.225 e. The molecule has 1 fully saturated rings. The average molecular weight is 279 g/mol. The Hall–Kier alpha value is -1.89. The van der Waals surface area contributed by atoms with E-state index in [1.165, 1.54) is 0 Å². The molecule has 2 heterocycles. The van der Waals surface area contributed by atoms with Gasteiger partial charge in [-0.2, -0.15) is 0 Å². The number of hydrogen-bond donors (Lipinski definition) is 2. The Bertz CT molecular complexity index is 504. The molecule has 0 spiro atoms. The summed E-state index contributed by atoms with van der Waals surface area (Å²) in [6, 6.07) is 2.00. The molecule has 1 aliphatic heterocycles. The van der Waals surface area contributed by atoms with Crippen molar-refractivity contribution in [2.75, 3.05) is 24.6 Å². The molecule has 1 saturated heterocycles. The second-order valence-electron chi connectivity index (χ2n) is 5.22. The van der Waals surface area contributed by atoms with Crippen LogP contribution in [0.1, 0.15) is 31.2 Å². The molecule has 0 aliphatic carbocycles. The Morgan fingerprint density at radius 2 is 2.30 bits per heavy atom. The van der Waals surface area contributed by atoms with Crippen LogP contribution < -0.4 is 10.6 Å². The van der Waals surface area contributed by atoms with E-state index in [1.807, 2.05) is 17.9 Å². The molecule has 1 aliphatic rings. The van der Waals surface area contributed by atoms with Gasteiger partial charge in [-0.3, -0.25) is 0 Å². The van der Waals surface area contributed by atoms with Gasteiger partial charge in [0, 0.05) is 17.9 Å². The van der Waals surface area contributed by atoms with E-state index in [1.54, 1.807) is 0 Å². The quantitative estimate of drug-likeness (QED) is 0.369. The molecule has 0 radical (unpaired) electrons. The summed E-state index contributed by atoms with van der Waals surface area (Å²) in [4.78, 5) is 11.1. The van der Waals surface area contributed by atoms with E-state index in [0.717, 1.165) is 11.4 Å². The fraction of sp³-hybridized carbons (Fsp3) is 0.615. The van der Waals surface area contributed by atoms with Gasteiger partial charge in [-0.25, -0.2) is 9.97 Å². The van der Waals surface area contributed by atoms with Crippen molar-refractivity contribution in [1.82, 2.24) is 9.97 Å². The summed E-state index contributed by atoms with van der Waals surface area (Å²) in [6.45, 7) is 7.83. The number of rotatable bonds is 3. The van der Waals surface area contributed by atoms with Gasteiger partial charge in [-0.1, -0.05) is 19.0 Å². The lowest BCUT2D eigenvalue weighted by molar-refractivity contribution is 0.0800. The first kappa shape index (κ1) is 14.5. The normalized spacial score (nSPS) is 20.5.